The molecule has 6 nitrogen and oxygen atoms in total. The van der Waals surface area contributed by atoms with Crippen LogP contribution in [0.3, 0.4) is 0 Å². The topological polar surface area (TPSA) is 96.4 Å². The fraction of sp³-hybridized carbons (Fsp3) is 0.786. The second kappa shape index (κ2) is 6.83. The molecule has 1 saturated heterocycles. The van der Waals surface area contributed by atoms with Gasteiger partial charge in [0.05, 0.1) is 17.1 Å². The molecule has 6 aliphatic rings. The van der Waals surface area contributed by atoms with Crippen molar-refractivity contribution in [3.63, 3.8) is 0 Å². The van der Waals surface area contributed by atoms with E-state index < -0.39 is 22.7 Å². The van der Waals surface area contributed by atoms with Crippen LogP contribution in [0.15, 0.2) is 23.3 Å². The van der Waals surface area contributed by atoms with E-state index in [4.69, 9.17) is 9.47 Å². The Labute approximate surface area is 201 Å². The number of carbonyl (C=O) groups is 2. The van der Waals surface area contributed by atoms with Gasteiger partial charge in [-0.05, 0) is 88.2 Å². The maximum atomic E-state index is 13.3. The van der Waals surface area contributed by atoms with Crippen LogP contribution in [0.2, 0.25) is 0 Å². The van der Waals surface area contributed by atoms with Gasteiger partial charge in [0.25, 0.3) is 0 Å². The molecule has 3 unspecified atom stereocenters. The van der Waals surface area contributed by atoms with Crippen molar-refractivity contribution in [2.24, 2.45) is 34.5 Å². The highest BCUT2D eigenvalue weighted by molar-refractivity contribution is 5.98. The summed E-state index contributed by atoms with van der Waals surface area (Å²) in [5.41, 5.74) is -1.02. The largest absolute Gasteiger partial charge is 0.458 e. The van der Waals surface area contributed by atoms with E-state index in [-0.39, 0.29) is 53.0 Å². The highest BCUT2D eigenvalue weighted by Gasteiger charge is 2.81. The molecule has 11 atom stereocenters. The number of carbonyl (C=O) groups excluding carboxylic acids is 2. The number of ketones is 1. The quantitative estimate of drug-likeness (QED) is 0.474. The fourth-order valence-electron chi connectivity index (χ4n) is 9.47. The second-order valence-corrected chi connectivity index (χ2v) is 12.6. The van der Waals surface area contributed by atoms with Gasteiger partial charge in [0.2, 0.25) is 0 Å². The molecule has 34 heavy (non-hydrogen) atoms. The van der Waals surface area contributed by atoms with Crippen molar-refractivity contribution in [3.8, 4) is 0 Å². The third-order valence-electron chi connectivity index (χ3n) is 11.9. The van der Waals surface area contributed by atoms with E-state index in [9.17, 15) is 19.8 Å². The first-order chi connectivity index (χ1) is 15.9. The normalized spacial score (nSPS) is 54.6. The minimum Gasteiger partial charge on any atom is -0.458 e. The summed E-state index contributed by atoms with van der Waals surface area (Å²) in [6, 6.07) is 0. The van der Waals surface area contributed by atoms with Gasteiger partial charge in [-0.25, -0.2) is 4.79 Å². The molecule has 2 heterocycles. The molecule has 0 amide bonds. The first-order valence-electron chi connectivity index (χ1n) is 13.1. The van der Waals surface area contributed by atoms with E-state index >= 15 is 0 Å². The minimum absolute atomic E-state index is 0.0759. The summed E-state index contributed by atoms with van der Waals surface area (Å²) in [7, 11) is 0. The van der Waals surface area contributed by atoms with Crippen LogP contribution in [0, 0.1) is 34.5 Å². The Morgan fingerprint density at radius 3 is 2.53 bits per heavy atom. The molecule has 2 N–H and O–H groups in total. The number of fused-ring (bicyclic) bond motifs is 4. The van der Waals surface area contributed by atoms with E-state index in [2.05, 4.69) is 13.8 Å². The predicted molar refractivity (Wildman–Crippen MR) is 125 cm³/mol. The number of hydrogen-bond donors (Lipinski definition) is 2. The molecule has 3 saturated carbocycles. The molecule has 6 heteroatoms. The Morgan fingerprint density at radius 2 is 1.82 bits per heavy atom. The smallest absolute Gasteiger partial charge is 0.333 e. The van der Waals surface area contributed by atoms with Gasteiger partial charge < -0.3 is 19.7 Å². The van der Waals surface area contributed by atoms with Crippen LogP contribution in [-0.4, -0.2) is 51.5 Å². The van der Waals surface area contributed by atoms with Crippen LogP contribution >= 0.6 is 0 Å². The van der Waals surface area contributed by atoms with E-state index in [0.29, 0.717) is 18.4 Å². The molecule has 4 aliphatic carbocycles. The number of epoxide rings is 1. The number of rotatable bonds is 2. The first kappa shape index (κ1) is 22.9. The predicted octanol–water partition coefficient (Wildman–Crippen LogP) is 3.50. The highest BCUT2D eigenvalue weighted by Crippen LogP contribution is 2.73. The van der Waals surface area contributed by atoms with Crippen LogP contribution in [0.1, 0.15) is 73.1 Å². The third kappa shape index (κ3) is 2.43. The maximum Gasteiger partial charge on any atom is 0.333 e. The molecule has 0 aromatic rings. The number of esters is 1. The van der Waals surface area contributed by atoms with Crippen molar-refractivity contribution in [2.45, 2.75) is 103 Å². The lowest BCUT2D eigenvalue weighted by Crippen LogP contribution is -2.65. The van der Waals surface area contributed by atoms with Crippen LogP contribution in [0.5, 0.6) is 0 Å². The Hall–Kier alpha value is -1.50. The zero-order valence-electron chi connectivity index (χ0n) is 21.0. The van der Waals surface area contributed by atoms with E-state index in [0.717, 1.165) is 31.3 Å². The molecule has 1 spiro atoms. The Kier molecular flexibility index (Phi) is 4.61. The molecule has 0 aromatic carbocycles. The molecule has 4 fully saturated rings. The molecule has 6 rings (SSSR count). The second-order valence-electron chi connectivity index (χ2n) is 12.6. The summed E-state index contributed by atoms with van der Waals surface area (Å²) in [4.78, 5) is 25.7. The van der Waals surface area contributed by atoms with Gasteiger partial charge in [-0.3, -0.25) is 4.79 Å². The SMILES string of the molecule is CC1=C(C)C(=O)O[C@@H]([C@@H](C)[C@@]2(O)CCC3C4C[C@H]5O[C@]56[C@@H](O)C=CC(=O)[C@]6(C)C4CC[C@@]32C)C1. The van der Waals surface area contributed by atoms with Gasteiger partial charge in [0, 0.05) is 17.9 Å². The van der Waals surface area contributed by atoms with Gasteiger partial charge in [0.15, 0.2) is 5.78 Å². The summed E-state index contributed by atoms with van der Waals surface area (Å²) in [5, 5.41) is 23.1. The van der Waals surface area contributed by atoms with Crippen LogP contribution < -0.4 is 0 Å². The van der Waals surface area contributed by atoms with Crippen molar-refractivity contribution in [2.75, 3.05) is 0 Å². The molecule has 0 aromatic heterocycles. The lowest BCUT2D eigenvalue weighted by Gasteiger charge is -2.59. The minimum atomic E-state index is -0.936. The molecule has 2 aliphatic heterocycles. The summed E-state index contributed by atoms with van der Waals surface area (Å²) in [6.07, 6.45) is 6.73. The number of aliphatic hydroxyl groups excluding tert-OH is 1. The lowest BCUT2D eigenvalue weighted by molar-refractivity contribution is -0.188. The summed E-state index contributed by atoms with van der Waals surface area (Å²) < 4.78 is 12.0. The van der Waals surface area contributed by atoms with Gasteiger partial charge in [0.1, 0.15) is 17.8 Å². The number of aliphatic hydroxyl groups is 2. The number of hydrogen-bond acceptors (Lipinski definition) is 6. The van der Waals surface area contributed by atoms with Crippen LogP contribution in [0.4, 0.5) is 0 Å². The number of ether oxygens (including phenoxy) is 2. The Morgan fingerprint density at radius 1 is 1.12 bits per heavy atom. The van der Waals surface area contributed by atoms with Crippen LogP contribution in [0.25, 0.3) is 0 Å². The zero-order chi connectivity index (χ0) is 24.4. The molecule has 0 radical (unpaired) electrons. The fourth-order valence-corrected chi connectivity index (χ4v) is 9.47. The monoisotopic (exact) mass is 470 g/mol. The Balaban J connectivity index is 1.32. The third-order valence-corrected chi connectivity index (χ3v) is 11.9. The lowest BCUT2D eigenvalue weighted by atomic mass is 9.44. The molecular formula is C28H38O6. The average Bonchev–Trinajstić information content (AvgIpc) is 3.47. The van der Waals surface area contributed by atoms with E-state index in [1.165, 1.54) is 0 Å². The summed E-state index contributed by atoms with van der Waals surface area (Å²) >= 11 is 0. The standard InChI is InChI=1S/C28H38O6/c1-14-12-20(33-24(31)15(14)2)16(3)27(32)11-9-18-17-13-23-28(34-23)22(30)7-6-21(29)26(28,5)19(17)8-10-25(18,27)4/h6-7,16-20,22-23,30,32H,8-13H2,1-5H3/t16-,17?,18?,19?,20-,22+,23-,25+,26+,27+,28-/m1/s1. The Bertz CT molecular complexity index is 1030. The van der Waals surface area contributed by atoms with Crippen molar-refractivity contribution in [3.05, 3.63) is 23.3 Å². The maximum absolute atomic E-state index is 13.3. The summed E-state index contributed by atoms with van der Waals surface area (Å²) in [5.74, 6) is 0.304. The van der Waals surface area contributed by atoms with Crippen molar-refractivity contribution < 1.29 is 29.3 Å². The van der Waals surface area contributed by atoms with Crippen molar-refractivity contribution >= 4 is 11.8 Å². The van der Waals surface area contributed by atoms with Gasteiger partial charge in [-0.2, -0.15) is 0 Å². The zero-order valence-corrected chi connectivity index (χ0v) is 21.0. The molecule has 0 bridgehead atoms. The average molecular weight is 471 g/mol. The van der Waals surface area contributed by atoms with Crippen LogP contribution in [-0.2, 0) is 19.1 Å². The van der Waals surface area contributed by atoms with Gasteiger partial charge in [-0.1, -0.05) is 19.4 Å². The highest BCUT2D eigenvalue weighted by atomic mass is 16.6. The first-order valence-corrected chi connectivity index (χ1v) is 13.1. The number of cyclic esters (lactones) is 1. The summed E-state index contributed by atoms with van der Waals surface area (Å²) in [6.45, 7) is 10.1. The number of allylic oxidation sites excluding steroid dienone is 1. The van der Waals surface area contributed by atoms with Gasteiger partial charge in [-0.15, -0.1) is 0 Å². The van der Waals surface area contributed by atoms with Gasteiger partial charge >= 0.3 is 5.97 Å². The van der Waals surface area contributed by atoms with E-state index in [1.807, 2.05) is 20.8 Å². The van der Waals surface area contributed by atoms with E-state index in [1.54, 1.807) is 12.2 Å². The van der Waals surface area contributed by atoms with Crippen molar-refractivity contribution in [1.29, 1.82) is 0 Å². The van der Waals surface area contributed by atoms with Crippen molar-refractivity contribution in [1.82, 2.24) is 0 Å². The molecular weight excluding hydrogens is 432 g/mol. The molecule has 186 valence electrons.